The van der Waals surface area contributed by atoms with Crippen molar-refractivity contribution in [2.45, 2.75) is 26.4 Å². The van der Waals surface area contributed by atoms with Gasteiger partial charge >= 0.3 is 0 Å². The van der Waals surface area contributed by atoms with E-state index in [1.54, 1.807) is 6.92 Å². The molecule has 0 aliphatic carbocycles. The number of benzene rings is 2. The first kappa shape index (κ1) is 14.4. The van der Waals surface area contributed by atoms with Crippen LogP contribution >= 0.6 is 0 Å². The van der Waals surface area contributed by atoms with Crippen molar-refractivity contribution in [3.05, 3.63) is 65.9 Å². The Morgan fingerprint density at radius 2 is 1.95 bits per heavy atom. The molecular formula is C19H19NO2. The second kappa shape index (κ2) is 6.48. The Bertz CT molecular complexity index is 774. The highest BCUT2D eigenvalue weighted by Gasteiger charge is 2.06. The molecule has 3 heteroatoms. The fourth-order valence-corrected chi connectivity index (χ4v) is 2.51. The van der Waals surface area contributed by atoms with Crippen molar-refractivity contribution >= 4 is 16.7 Å². The number of hydrogen-bond acceptors (Lipinski definition) is 2. The van der Waals surface area contributed by atoms with Crippen LogP contribution in [0.1, 0.15) is 24.5 Å². The molecule has 0 aliphatic rings. The largest absolute Gasteiger partial charge is 0.489 e. The summed E-state index contributed by atoms with van der Waals surface area (Å²) in [6, 6.07) is 16.1. The number of rotatable bonds is 6. The zero-order chi connectivity index (χ0) is 15.4. The molecule has 2 aromatic carbocycles. The number of carbonyl (C=O) groups excluding carboxylic acids is 1. The average molecular weight is 293 g/mol. The van der Waals surface area contributed by atoms with Crippen molar-refractivity contribution in [1.29, 1.82) is 0 Å². The normalized spacial score (nSPS) is 10.8. The van der Waals surface area contributed by atoms with Gasteiger partial charge in [-0.3, -0.25) is 0 Å². The Labute approximate surface area is 129 Å². The van der Waals surface area contributed by atoms with Crippen molar-refractivity contribution in [1.82, 2.24) is 4.98 Å². The number of ether oxygens (including phenoxy) is 1. The molecule has 0 aliphatic heterocycles. The molecule has 0 saturated carbocycles. The van der Waals surface area contributed by atoms with Crippen LogP contribution in [0.4, 0.5) is 0 Å². The summed E-state index contributed by atoms with van der Waals surface area (Å²) in [4.78, 5) is 14.4. The zero-order valence-corrected chi connectivity index (χ0v) is 12.6. The Balaban J connectivity index is 1.76. The van der Waals surface area contributed by atoms with Gasteiger partial charge in [0.05, 0.1) is 0 Å². The summed E-state index contributed by atoms with van der Waals surface area (Å²) in [5.74, 6) is 1.06. The summed E-state index contributed by atoms with van der Waals surface area (Å²) in [5.41, 5.74) is 3.38. The molecule has 1 heterocycles. The van der Waals surface area contributed by atoms with Gasteiger partial charge in [0, 0.05) is 23.5 Å². The van der Waals surface area contributed by atoms with Crippen molar-refractivity contribution in [3.8, 4) is 5.75 Å². The number of aryl methyl sites for hydroxylation is 1. The van der Waals surface area contributed by atoms with Crippen LogP contribution in [-0.4, -0.2) is 10.8 Å². The number of carbonyl (C=O) groups is 1. The Hall–Kier alpha value is -2.55. The summed E-state index contributed by atoms with van der Waals surface area (Å²) in [7, 11) is 0. The summed E-state index contributed by atoms with van der Waals surface area (Å²) >= 11 is 0. The van der Waals surface area contributed by atoms with E-state index in [2.05, 4.69) is 4.98 Å². The van der Waals surface area contributed by atoms with Crippen LogP contribution in [0, 0.1) is 0 Å². The highest BCUT2D eigenvalue weighted by Crippen LogP contribution is 2.25. The van der Waals surface area contributed by atoms with Crippen LogP contribution in [0.25, 0.3) is 10.9 Å². The highest BCUT2D eigenvalue weighted by atomic mass is 16.5. The monoisotopic (exact) mass is 293 g/mol. The van der Waals surface area contributed by atoms with E-state index in [1.807, 2.05) is 54.7 Å². The molecule has 0 fully saturated rings. The number of aromatic amines is 1. The smallest absolute Gasteiger partial charge is 0.130 e. The molecule has 3 nitrogen and oxygen atoms in total. The zero-order valence-electron chi connectivity index (χ0n) is 12.6. The summed E-state index contributed by atoms with van der Waals surface area (Å²) in [5, 5.41) is 1.13. The maximum absolute atomic E-state index is 11.2. The Morgan fingerprint density at radius 1 is 1.14 bits per heavy atom. The number of nitrogens with one attached hydrogen (secondary N) is 1. The number of H-pyrrole nitrogens is 1. The number of hydrogen-bond donors (Lipinski definition) is 1. The molecule has 3 rings (SSSR count). The van der Waals surface area contributed by atoms with Crippen LogP contribution in [0.15, 0.2) is 54.7 Å². The van der Waals surface area contributed by atoms with Crippen LogP contribution < -0.4 is 4.74 Å². The van der Waals surface area contributed by atoms with Crippen LogP contribution in [-0.2, 0) is 17.8 Å². The molecular weight excluding hydrogens is 274 g/mol. The summed E-state index contributed by atoms with van der Waals surface area (Å²) < 4.78 is 5.87. The molecule has 0 radical (unpaired) electrons. The van der Waals surface area contributed by atoms with Crippen LogP contribution in [0.5, 0.6) is 5.75 Å². The fraction of sp³-hybridized carbons (Fsp3) is 0.211. The van der Waals surface area contributed by atoms with Crippen molar-refractivity contribution < 1.29 is 9.53 Å². The van der Waals surface area contributed by atoms with Crippen LogP contribution in [0.3, 0.4) is 0 Å². The van der Waals surface area contributed by atoms with Gasteiger partial charge in [-0.1, -0.05) is 30.3 Å². The van der Waals surface area contributed by atoms with E-state index in [-0.39, 0.29) is 5.78 Å². The third-order valence-electron chi connectivity index (χ3n) is 3.73. The number of Topliss-reactive ketones (excluding diaryl/α,β-unsaturated/α-hetero) is 1. The van der Waals surface area contributed by atoms with Gasteiger partial charge in [-0.05, 0) is 42.7 Å². The third kappa shape index (κ3) is 3.37. The molecule has 112 valence electrons. The average Bonchev–Trinajstić information content (AvgIpc) is 2.94. The van der Waals surface area contributed by atoms with Gasteiger partial charge in [0.15, 0.2) is 0 Å². The molecule has 3 aromatic rings. The fourth-order valence-electron chi connectivity index (χ4n) is 2.51. The van der Waals surface area contributed by atoms with Gasteiger partial charge in [0.2, 0.25) is 0 Å². The van der Waals surface area contributed by atoms with E-state index in [4.69, 9.17) is 4.74 Å². The standard InChI is InChI=1S/C19H19NO2/c1-14(21)7-8-16-12-20-19-10-9-17(11-18(16)19)22-13-15-5-3-2-4-6-15/h2-6,9-12,20H,7-8,13H2,1H3. The highest BCUT2D eigenvalue weighted by molar-refractivity contribution is 5.85. The molecule has 1 aromatic heterocycles. The second-order valence-electron chi connectivity index (χ2n) is 5.50. The predicted octanol–water partition coefficient (Wildman–Crippen LogP) is 4.27. The number of ketones is 1. The molecule has 0 unspecified atom stereocenters. The van der Waals surface area contributed by atoms with Gasteiger partial charge < -0.3 is 14.5 Å². The van der Waals surface area contributed by atoms with Crippen molar-refractivity contribution in [3.63, 3.8) is 0 Å². The van der Waals surface area contributed by atoms with E-state index in [9.17, 15) is 4.79 Å². The van der Waals surface area contributed by atoms with Gasteiger partial charge in [-0.15, -0.1) is 0 Å². The topological polar surface area (TPSA) is 42.1 Å². The first-order valence-electron chi connectivity index (χ1n) is 7.48. The minimum absolute atomic E-state index is 0.214. The molecule has 0 saturated heterocycles. The van der Waals surface area contributed by atoms with E-state index in [0.29, 0.717) is 13.0 Å². The lowest BCUT2D eigenvalue weighted by molar-refractivity contribution is -0.116. The SMILES string of the molecule is CC(=O)CCc1c[nH]c2ccc(OCc3ccccc3)cc12. The maximum atomic E-state index is 11.2. The minimum Gasteiger partial charge on any atom is -0.489 e. The first-order valence-corrected chi connectivity index (χ1v) is 7.48. The molecule has 1 N–H and O–H groups in total. The van der Waals surface area contributed by atoms with E-state index in [0.717, 1.165) is 34.2 Å². The Kier molecular flexibility index (Phi) is 4.24. The van der Waals surface area contributed by atoms with Crippen molar-refractivity contribution in [2.24, 2.45) is 0 Å². The van der Waals surface area contributed by atoms with Gasteiger partial charge in [0.1, 0.15) is 18.1 Å². The molecule has 0 atom stereocenters. The summed E-state index contributed by atoms with van der Waals surface area (Å²) in [6.45, 7) is 2.18. The van der Waals surface area contributed by atoms with Crippen LogP contribution in [0.2, 0.25) is 0 Å². The minimum atomic E-state index is 0.214. The quantitative estimate of drug-likeness (QED) is 0.737. The number of aromatic nitrogens is 1. The third-order valence-corrected chi connectivity index (χ3v) is 3.73. The van der Waals surface area contributed by atoms with Gasteiger partial charge in [-0.25, -0.2) is 0 Å². The van der Waals surface area contributed by atoms with E-state index < -0.39 is 0 Å². The maximum Gasteiger partial charge on any atom is 0.130 e. The van der Waals surface area contributed by atoms with E-state index >= 15 is 0 Å². The molecule has 0 bridgehead atoms. The lowest BCUT2D eigenvalue weighted by Gasteiger charge is -2.07. The molecule has 0 amide bonds. The first-order chi connectivity index (χ1) is 10.7. The lowest BCUT2D eigenvalue weighted by atomic mass is 10.1. The van der Waals surface area contributed by atoms with Gasteiger partial charge in [-0.2, -0.15) is 0 Å². The summed E-state index contributed by atoms with van der Waals surface area (Å²) in [6.07, 6.45) is 3.31. The lowest BCUT2D eigenvalue weighted by Crippen LogP contribution is -1.95. The molecule has 22 heavy (non-hydrogen) atoms. The second-order valence-corrected chi connectivity index (χ2v) is 5.50. The Morgan fingerprint density at radius 3 is 2.73 bits per heavy atom. The van der Waals surface area contributed by atoms with Crippen molar-refractivity contribution in [2.75, 3.05) is 0 Å². The molecule has 0 spiro atoms. The number of fused-ring (bicyclic) bond motifs is 1. The van der Waals surface area contributed by atoms with E-state index in [1.165, 1.54) is 0 Å². The predicted molar refractivity (Wildman–Crippen MR) is 88.1 cm³/mol. The van der Waals surface area contributed by atoms with Gasteiger partial charge in [0.25, 0.3) is 0 Å².